The van der Waals surface area contributed by atoms with Crippen LogP contribution in [0.15, 0.2) is 48.0 Å². The number of benzene rings is 2. The van der Waals surface area contributed by atoms with Crippen LogP contribution in [0.4, 0.5) is 10.5 Å². The molecule has 8 nitrogen and oxygen atoms in total. The van der Waals surface area contributed by atoms with E-state index in [1.54, 1.807) is 42.5 Å². The lowest BCUT2D eigenvalue weighted by Crippen LogP contribution is -2.54. The fourth-order valence-electron chi connectivity index (χ4n) is 2.90. The van der Waals surface area contributed by atoms with Crippen molar-refractivity contribution >= 4 is 29.6 Å². The lowest BCUT2D eigenvalue weighted by atomic mass is 10.1. The second kappa shape index (κ2) is 9.13. The number of ether oxygens (including phenoxy) is 3. The van der Waals surface area contributed by atoms with Gasteiger partial charge in [-0.2, -0.15) is 0 Å². The highest BCUT2D eigenvalue weighted by Crippen LogP contribution is 2.30. The Morgan fingerprint density at radius 3 is 2.33 bits per heavy atom. The molecule has 1 aliphatic rings. The van der Waals surface area contributed by atoms with Crippen molar-refractivity contribution in [3.05, 3.63) is 53.6 Å². The average Bonchev–Trinajstić information content (AvgIpc) is 2.75. The molecular weight excluding hydrogens is 388 g/mol. The highest BCUT2D eigenvalue weighted by molar-refractivity contribution is 6.39. The topological polar surface area (TPSA) is 94.2 Å². The summed E-state index contributed by atoms with van der Waals surface area (Å²) < 4.78 is 16.0. The molecule has 0 bridgehead atoms. The van der Waals surface area contributed by atoms with E-state index in [0.29, 0.717) is 35.1 Å². The minimum absolute atomic E-state index is 0.172. The van der Waals surface area contributed by atoms with Gasteiger partial charge < -0.3 is 14.2 Å². The number of hydrogen-bond donors (Lipinski definition) is 1. The van der Waals surface area contributed by atoms with Gasteiger partial charge in [0, 0.05) is 0 Å². The Morgan fingerprint density at radius 1 is 0.967 bits per heavy atom. The number of rotatable bonds is 7. The summed E-state index contributed by atoms with van der Waals surface area (Å²) in [5.74, 6) is 0.132. The summed E-state index contributed by atoms with van der Waals surface area (Å²) in [6.45, 7) is 2.53. The van der Waals surface area contributed by atoms with Gasteiger partial charge in [0.1, 0.15) is 11.3 Å². The maximum Gasteiger partial charge on any atom is 0.335 e. The van der Waals surface area contributed by atoms with Crippen molar-refractivity contribution in [2.24, 2.45) is 0 Å². The molecule has 2 aromatic rings. The summed E-state index contributed by atoms with van der Waals surface area (Å²) in [5.41, 5.74) is 0.700. The number of methoxy groups -OCH3 is 2. The van der Waals surface area contributed by atoms with Crippen LogP contribution in [0.2, 0.25) is 0 Å². The standard InChI is InChI=1S/C22H22N2O6/c1-4-11-30-18-10-5-14(13-19(18)29-3)12-17-20(25)23-22(27)24(21(17)26)15-6-8-16(28-2)9-7-15/h5-10,12-13H,4,11H2,1-3H3,(H,23,25,27)/b17-12+. The second-order valence-electron chi connectivity index (χ2n) is 6.41. The first kappa shape index (κ1) is 20.9. The molecule has 8 heteroatoms. The molecule has 0 saturated carbocycles. The van der Waals surface area contributed by atoms with Crippen molar-refractivity contribution in [1.29, 1.82) is 0 Å². The zero-order valence-corrected chi connectivity index (χ0v) is 16.9. The summed E-state index contributed by atoms with van der Waals surface area (Å²) in [5, 5.41) is 2.20. The first-order valence-corrected chi connectivity index (χ1v) is 9.34. The van der Waals surface area contributed by atoms with E-state index in [9.17, 15) is 14.4 Å². The molecule has 1 fully saturated rings. The zero-order chi connectivity index (χ0) is 21.7. The number of amides is 4. The molecule has 0 aromatic heterocycles. The van der Waals surface area contributed by atoms with Crippen LogP contribution in [0.5, 0.6) is 17.2 Å². The van der Waals surface area contributed by atoms with Crippen LogP contribution in [0.25, 0.3) is 6.08 Å². The largest absolute Gasteiger partial charge is 0.497 e. The fourth-order valence-corrected chi connectivity index (χ4v) is 2.90. The molecule has 1 saturated heterocycles. The van der Waals surface area contributed by atoms with Gasteiger partial charge in [-0.15, -0.1) is 0 Å². The van der Waals surface area contributed by atoms with Gasteiger partial charge >= 0.3 is 6.03 Å². The van der Waals surface area contributed by atoms with E-state index in [1.807, 2.05) is 6.92 Å². The predicted octanol–water partition coefficient (Wildman–Crippen LogP) is 3.16. The quantitative estimate of drug-likeness (QED) is 0.557. The number of anilines is 1. The van der Waals surface area contributed by atoms with Gasteiger partial charge in [-0.3, -0.25) is 14.9 Å². The Balaban J connectivity index is 1.93. The van der Waals surface area contributed by atoms with Crippen molar-refractivity contribution in [2.45, 2.75) is 13.3 Å². The van der Waals surface area contributed by atoms with Crippen molar-refractivity contribution in [2.75, 3.05) is 25.7 Å². The van der Waals surface area contributed by atoms with Crippen LogP contribution >= 0.6 is 0 Å². The normalized spacial score (nSPS) is 15.2. The molecule has 0 spiro atoms. The van der Waals surface area contributed by atoms with Gasteiger partial charge in [-0.25, -0.2) is 9.69 Å². The molecule has 4 amide bonds. The third-order valence-electron chi connectivity index (χ3n) is 4.39. The summed E-state index contributed by atoms with van der Waals surface area (Å²) >= 11 is 0. The maximum atomic E-state index is 13.0. The lowest BCUT2D eigenvalue weighted by molar-refractivity contribution is -0.122. The molecule has 156 valence electrons. The Hall–Kier alpha value is -3.81. The number of carbonyl (C=O) groups excluding carboxylic acids is 3. The predicted molar refractivity (Wildman–Crippen MR) is 111 cm³/mol. The maximum absolute atomic E-state index is 13.0. The lowest BCUT2D eigenvalue weighted by Gasteiger charge is -2.26. The van der Waals surface area contributed by atoms with E-state index in [4.69, 9.17) is 14.2 Å². The highest BCUT2D eigenvalue weighted by atomic mass is 16.5. The molecule has 1 N–H and O–H groups in total. The number of urea groups is 1. The average molecular weight is 410 g/mol. The molecule has 3 rings (SSSR count). The van der Waals surface area contributed by atoms with Gasteiger partial charge in [0.2, 0.25) is 0 Å². The molecule has 0 radical (unpaired) electrons. The van der Waals surface area contributed by atoms with Crippen molar-refractivity contribution < 1.29 is 28.6 Å². The molecule has 1 heterocycles. The minimum Gasteiger partial charge on any atom is -0.497 e. The molecule has 0 aliphatic carbocycles. The summed E-state index contributed by atoms with van der Waals surface area (Å²) in [7, 11) is 3.02. The van der Waals surface area contributed by atoms with Gasteiger partial charge in [-0.05, 0) is 54.5 Å². The summed E-state index contributed by atoms with van der Waals surface area (Å²) in [4.78, 5) is 38.5. The molecule has 30 heavy (non-hydrogen) atoms. The zero-order valence-electron chi connectivity index (χ0n) is 16.9. The number of nitrogens with one attached hydrogen (secondary N) is 1. The van der Waals surface area contributed by atoms with Crippen molar-refractivity contribution in [1.82, 2.24) is 5.32 Å². The van der Waals surface area contributed by atoms with E-state index in [-0.39, 0.29) is 5.57 Å². The van der Waals surface area contributed by atoms with E-state index in [1.165, 1.54) is 20.3 Å². The molecule has 0 atom stereocenters. The Morgan fingerprint density at radius 2 is 1.70 bits per heavy atom. The van der Waals surface area contributed by atoms with Crippen LogP contribution in [0.3, 0.4) is 0 Å². The summed E-state index contributed by atoms with van der Waals surface area (Å²) in [6, 6.07) is 10.6. The molecule has 0 unspecified atom stereocenters. The first-order valence-electron chi connectivity index (χ1n) is 9.34. The van der Waals surface area contributed by atoms with Crippen LogP contribution in [-0.2, 0) is 9.59 Å². The van der Waals surface area contributed by atoms with E-state index in [0.717, 1.165) is 11.3 Å². The Kier molecular flexibility index (Phi) is 6.36. The van der Waals surface area contributed by atoms with Crippen LogP contribution in [0, 0.1) is 0 Å². The van der Waals surface area contributed by atoms with Gasteiger partial charge in [0.05, 0.1) is 26.5 Å². The minimum atomic E-state index is -0.812. The van der Waals surface area contributed by atoms with Gasteiger partial charge in [-0.1, -0.05) is 13.0 Å². The van der Waals surface area contributed by atoms with Gasteiger partial charge in [0.15, 0.2) is 11.5 Å². The fraction of sp³-hybridized carbons (Fsp3) is 0.227. The summed E-state index contributed by atoms with van der Waals surface area (Å²) in [6.07, 6.45) is 2.26. The van der Waals surface area contributed by atoms with E-state index >= 15 is 0 Å². The first-order chi connectivity index (χ1) is 14.5. The third-order valence-corrected chi connectivity index (χ3v) is 4.39. The van der Waals surface area contributed by atoms with Crippen molar-refractivity contribution in [3.63, 3.8) is 0 Å². The number of hydrogen-bond acceptors (Lipinski definition) is 6. The number of barbiturate groups is 1. The number of nitrogens with zero attached hydrogens (tertiary/aromatic N) is 1. The Labute approximate surface area is 174 Å². The highest BCUT2D eigenvalue weighted by Gasteiger charge is 2.36. The van der Waals surface area contributed by atoms with E-state index in [2.05, 4.69) is 5.32 Å². The van der Waals surface area contributed by atoms with Crippen LogP contribution in [-0.4, -0.2) is 38.7 Å². The second-order valence-corrected chi connectivity index (χ2v) is 6.41. The van der Waals surface area contributed by atoms with E-state index < -0.39 is 17.8 Å². The number of imide groups is 2. The third kappa shape index (κ3) is 4.27. The van der Waals surface area contributed by atoms with Crippen LogP contribution in [0.1, 0.15) is 18.9 Å². The van der Waals surface area contributed by atoms with Crippen LogP contribution < -0.4 is 24.4 Å². The molecular formula is C22H22N2O6. The SMILES string of the molecule is CCCOc1ccc(/C=C2\C(=O)NC(=O)N(c3ccc(OC)cc3)C2=O)cc1OC. The molecule has 1 aliphatic heterocycles. The van der Waals surface area contributed by atoms with Crippen molar-refractivity contribution in [3.8, 4) is 17.2 Å². The van der Waals surface area contributed by atoms with Gasteiger partial charge in [0.25, 0.3) is 11.8 Å². The Bertz CT molecular complexity index is 997. The molecule has 2 aromatic carbocycles. The smallest absolute Gasteiger partial charge is 0.335 e. The monoisotopic (exact) mass is 410 g/mol. The number of carbonyl (C=O) groups is 3.